The van der Waals surface area contributed by atoms with Crippen LogP contribution in [0.5, 0.6) is 0 Å². The molecule has 0 aliphatic heterocycles. The fourth-order valence-electron chi connectivity index (χ4n) is 2.43. The Labute approximate surface area is 97.0 Å². The van der Waals surface area contributed by atoms with Gasteiger partial charge in [0, 0.05) is 6.04 Å². The molecule has 0 saturated heterocycles. The molecule has 1 N–H and O–H groups in total. The van der Waals surface area contributed by atoms with Crippen LogP contribution in [0, 0.1) is 5.92 Å². The Kier molecular flexibility index (Phi) is 10.4. The predicted octanol–water partition coefficient (Wildman–Crippen LogP) is 4.37. The van der Waals surface area contributed by atoms with Crippen LogP contribution in [0.4, 0.5) is 0 Å². The van der Waals surface area contributed by atoms with Gasteiger partial charge in [0.05, 0.1) is 0 Å². The minimum absolute atomic E-state index is 0.773. The highest BCUT2D eigenvalue weighted by Gasteiger charge is 2.18. The van der Waals surface area contributed by atoms with Crippen LogP contribution in [0.25, 0.3) is 0 Å². The van der Waals surface area contributed by atoms with E-state index in [-0.39, 0.29) is 0 Å². The smallest absolute Gasteiger partial charge is 0.00952 e. The zero-order chi connectivity index (χ0) is 11.5. The maximum absolute atomic E-state index is 3.74. The number of nitrogens with one attached hydrogen (secondary N) is 1. The van der Waals surface area contributed by atoms with Crippen molar-refractivity contribution < 1.29 is 0 Å². The van der Waals surface area contributed by atoms with Gasteiger partial charge in [-0.3, -0.25) is 0 Å². The summed E-state index contributed by atoms with van der Waals surface area (Å²) >= 11 is 0. The molecule has 0 saturated carbocycles. The predicted molar refractivity (Wildman–Crippen MR) is 70.3 cm³/mol. The topological polar surface area (TPSA) is 12.0 Å². The molecule has 0 aromatic rings. The van der Waals surface area contributed by atoms with E-state index >= 15 is 0 Å². The standard InChI is InChI=1S/C14H31N/c1-5-9-13(10-6-2)14(11-7-3)15-12-8-4/h13-15H,5-12H2,1-4H3. The molecular weight excluding hydrogens is 182 g/mol. The maximum Gasteiger partial charge on any atom is 0.00952 e. The maximum atomic E-state index is 3.74. The molecule has 0 aliphatic rings. The number of hydrogen-bond donors (Lipinski definition) is 1. The summed E-state index contributed by atoms with van der Waals surface area (Å²) in [5, 5.41) is 3.74. The first kappa shape index (κ1) is 15.0. The lowest BCUT2D eigenvalue weighted by Gasteiger charge is -2.27. The normalized spacial score (nSPS) is 13.4. The van der Waals surface area contributed by atoms with Gasteiger partial charge in [-0.25, -0.2) is 0 Å². The van der Waals surface area contributed by atoms with E-state index in [9.17, 15) is 0 Å². The molecule has 0 radical (unpaired) electrons. The molecule has 0 spiro atoms. The van der Waals surface area contributed by atoms with E-state index in [1.165, 1.54) is 51.5 Å². The first-order valence-electron chi connectivity index (χ1n) is 7.03. The van der Waals surface area contributed by atoms with Crippen molar-refractivity contribution in [2.24, 2.45) is 5.92 Å². The van der Waals surface area contributed by atoms with Crippen molar-refractivity contribution in [2.45, 2.75) is 78.7 Å². The second-order valence-electron chi connectivity index (χ2n) is 4.69. The van der Waals surface area contributed by atoms with Gasteiger partial charge in [0.15, 0.2) is 0 Å². The molecule has 1 atom stereocenters. The molecule has 0 fully saturated rings. The van der Waals surface area contributed by atoms with Gasteiger partial charge in [-0.1, -0.05) is 47.0 Å². The van der Waals surface area contributed by atoms with Crippen LogP contribution in [0.2, 0.25) is 0 Å². The summed E-state index contributed by atoms with van der Waals surface area (Å²) in [6, 6.07) is 0.773. The van der Waals surface area contributed by atoms with Crippen molar-refractivity contribution in [2.75, 3.05) is 6.54 Å². The fourth-order valence-corrected chi connectivity index (χ4v) is 2.43. The molecular formula is C14H31N. The molecule has 92 valence electrons. The van der Waals surface area contributed by atoms with Gasteiger partial charge in [0.2, 0.25) is 0 Å². The third-order valence-corrected chi connectivity index (χ3v) is 3.14. The van der Waals surface area contributed by atoms with Gasteiger partial charge < -0.3 is 5.32 Å². The molecule has 0 aromatic carbocycles. The summed E-state index contributed by atoms with van der Waals surface area (Å²) in [6.07, 6.45) is 9.38. The Morgan fingerprint density at radius 1 is 0.733 bits per heavy atom. The van der Waals surface area contributed by atoms with Crippen molar-refractivity contribution in [3.8, 4) is 0 Å². The van der Waals surface area contributed by atoms with E-state index in [0.717, 1.165) is 12.0 Å². The zero-order valence-corrected chi connectivity index (χ0v) is 11.3. The van der Waals surface area contributed by atoms with Crippen LogP contribution in [-0.4, -0.2) is 12.6 Å². The second-order valence-corrected chi connectivity index (χ2v) is 4.69. The van der Waals surface area contributed by atoms with Gasteiger partial charge in [-0.05, 0) is 38.1 Å². The molecule has 0 aliphatic carbocycles. The zero-order valence-electron chi connectivity index (χ0n) is 11.3. The SMILES string of the molecule is CCCNC(CCC)C(CCC)CCC. The van der Waals surface area contributed by atoms with Gasteiger partial charge >= 0.3 is 0 Å². The van der Waals surface area contributed by atoms with Crippen LogP contribution in [0.3, 0.4) is 0 Å². The van der Waals surface area contributed by atoms with E-state index in [2.05, 4.69) is 33.0 Å². The van der Waals surface area contributed by atoms with Crippen LogP contribution in [-0.2, 0) is 0 Å². The third-order valence-electron chi connectivity index (χ3n) is 3.14. The molecule has 1 nitrogen and oxygen atoms in total. The second kappa shape index (κ2) is 10.5. The van der Waals surface area contributed by atoms with E-state index in [0.29, 0.717) is 0 Å². The first-order chi connectivity index (χ1) is 7.29. The van der Waals surface area contributed by atoms with Crippen LogP contribution in [0.1, 0.15) is 72.6 Å². The Bertz CT molecular complexity index is 117. The van der Waals surface area contributed by atoms with Crippen LogP contribution in [0.15, 0.2) is 0 Å². The molecule has 1 unspecified atom stereocenters. The van der Waals surface area contributed by atoms with Gasteiger partial charge in [-0.2, -0.15) is 0 Å². The summed E-state index contributed by atoms with van der Waals surface area (Å²) in [7, 11) is 0. The van der Waals surface area contributed by atoms with Crippen LogP contribution >= 0.6 is 0 Å². The molecule has 0 aromatic heterocycles. The number of rotatable bonds is 10. The van der Waals surface area contributed by atoms with Crippen molar-refractivity contribution in [3.63, 3.8) is 0 Å². The summed E-state index contributed by atoms with van der Waals surface area (Å²) in [5.74, 6) is 0.909. The van der Waals surface area contributed by atoms with Gasteiger partial charge in [0.25, 0.3) is 0 Å². The quantitative estimate of drug-likeness (QED) is 0.568. The molecule has 0 bridgehead atoms. The monoisotopic (exact) mass is 213 g/mol. The Morgan fingerprint density at radius 2 is 1.27 bits per heavy atom. The lowest BCUT2D eigenvalue weighted by Crippen LogP contribution is -2.36. The third kappa shape index (κ3) is 6.94. The first-order valence-corrected chi connectivity index (χ1v) is 7.03. The largest absolute Gasteiger partial charge is 0.314 e. The Morgan fingerprint density at radius 3 is 1.67 bits per heavy atom. The van der Waals surface area contributed by atoms with Crippen LogP contribution < -0.4 is 5.32 Å². The summed E-state index contributed by atoms with van der Waals surface area (Å²) in [4.78, 5) is 0. The molecule has 0 rings (SSSR count). The van der Waals surface area contributed by atoms with E-state index in [4.69, 9.17) is 0 Å². The molecule has 15 heavy (non-hydrogen) atoms. The Balaban J connectivity index is 4.09. The average molecular weight is 213 g/mol. The van der Waals surface area contributed by atoms with E-state index in [1.54, 1.807) is 0 Å². The molecule has 1 heteroatoms. The summed E-state index contributed by atoms with van der Waals surface area (Å²) in [5.41, 5.74) is 0. The van der Waals surface area contributed by atoms with Crippen molar-refractivity contribution in [1.29, 1.82) is 0 Å². The highest BCUT2D eigenvalue weighted by Crippen LogP contribution is 2.21. The van der Waals surface area contributed by atoms with Gasteiger partial charge in [0.1, 0.15) is 0 Å². The average Bonchev–Trinajstić information content (AvgIpc) is 2.24. The summed E-state index contributed by atoms with van der Waals surface area (Å²) in [6.45, 7) is 10.4. The van der Waals surface area contributed by atoms with E-state index in [1.807, 2.05) is 0 Å². The summed E-state index contributed by atoms with van der Waals surface area (Å²) < 4.78 is 0. The van der Waals surface area contributed by atoms with Crippen molar-refractivity contribution >= 4 is 0 Å². The van der Waals surface area contributed by atoms with Gasteiger partial charge in [-0.15, -0.1) is 0 Å². The van der Waals surface area contributed by atoms with Crippen molar-refractivity contribution in [1.82, 2.24) is 5.32 Å². The fraction of sp³-hybridized carbons (Fsp3) is 1.00. The minimum Gasteiger partial charge on any atom is -0.314 e. The lowest BCUT2D eigenvalue weighted by atomic mass is 9.88. The molecule has 0 amide bonds. The lowest BCUT2D eigenvalue weighted by molar-refractivity contribution is 0.295. The molecule has 0 heterocycles. The van der Waals surface area contributed by atoms with E-state index < -0.39 is 0 Å². The number of hydrogen-bond acceptors (Lipinski definition) is 1. The van der Waals surface area contributed by atoms with Crippen molar-refractivity contribution in [3.05, 3.63) is 0 Å². The highest BCUT2D eigenvalue weighted by molar-refractivity contribution is 4.75. The Hall–Kier alpha value is -0.0400. The highest BCUT2D eigenvalue weighted by atomic mass is 14.9. The minimum atomic E-state index is 0.773.